The fraction of sp³-hybridized carbons (Fsp3) is 0.833. The van der Waals surface area contributed by atoms with Gasteiger partial charge in [0.15, 0.2) is 0 Å². The summed E-state index contributed by atoms with van der Waals surface area (Å²) < 4.78 is 11.5. The van der Waals surface area contributed by atoms with Gasteiger partial charge in [-0.3, -0.25) is 4.79 Å². The molecule has 0 aromatic carbocycles. The molecule has 60 valence electrons. The normalized spacial score (nSPS) is 13.1. The van der Waals surface area contributed by atoms with E-state index in [-0.39, 0.29) is 12.3 Å². The van der Waals surface area contributed by atoms with Crippen LogP contribution in [0.15, 0.2) is 0 Å². The number of ketones is 1. The van der Waals surface area contributed by atoms with Crippen LogP contribution < -0.4 is 11.1 Å². The molecule has 0 rings (SSSR count). The topological polar surface area (TPSA) is 55.1 Å². The number of hydrogen-bond donors (Lipinski definition) is 2. The van der Waals surface area contributed by atoms with E-state index < -0.39 is 12.7 Å². The van der Waals surface area contributed by atoms with Gasteiger partial charge in [-0.1, -0.05) is 0 Å². The van der Waals surface area contributed by atoms with Gasteiger partial charge in [0.2, 0.25) is 0 Å². The van der Waals surface area contributed by atoms with Crippen LogP contribution in [0.3, 0.4) is 0 Å². The molecular weight excluding hydrogens is 135 g/mol. The number of rotatable bonds is 5. The molecule has 0 heterocycles. The van der Waals surface area contributed by atoms with E-state index in [1.165, 1.54) is 6.92 Å². The summed E-state index contributed by atoms with van der Waals surface area (Å²) in [5.41, 5.74) is 5.32. The van der Waals surface area contributed by atoms with E-state index in [1.807, 2.05) is 0 Å². The van der Waals surface area contributed by atoms with Gasteiger partial charge in [-0.2, -0.15) is 0 Å². The van der Waals surface area contributed by atoms with Crippen molar-refractivity contribution in [2.24, 2.45) is 5.73 Å². The monoisotopic (exact) mass is 148 g/mol. The third-order valence-corrected chi connectivity index (χ3v) is 1.16. The quantitative estimate of drug-likeness (QED) is 0.515. The molecule has 0 aliphatic heterocycles. The van der Waals surface area contributed by atoms with Gasteiger partial charge in [0.25, 0.3) is 0 Å². The second kappa shape index (κ2) is 5.32. The molecule has 3 nitrogen and oxygen atoms in total. The van der Waals surface area contributed by atoms with E-state index in [0.29, 0.717) is 6.54 Å². The zero-order chi connectivity index (χ0) is 7.98. The van der Waals surface area contributed by atoms with Crippen molar-refractivity contribution < 1.29 is 9.18 Å². The van der Waals surface area contributed by atoms with Crippen LogP contribution in [0.25, 0.3) is 0 Å². The molecule has 0 saturated carbocycles. The molecule has 0 aliphatic rings. The van der Waals surface area contributed by atoms with Crippen LogP contribution in [-0.2, 0) is 4.79 Å². The van der Waals surface area contributed by atoms with Gasteiger partial charge >= 0.3 is 0 Å². The molecule has 0 amide bonds. The highest BCUT2D eigenvalue weighted by Gasteiger charge is 2.05. The number of carbonyl (C=O) groups is 1. The summed E-state index contributed by atoms with van der Waals surface area (Å²) in [4.78, 5) is 10.5. The van der Waals surface area contributed by atoms with Crippen LogP contribution in [-0.4, -0.2) is 31.6 Å². The lowest BCUT2D eigenvalue weighted by Gasteiger charge is -2.06. The summed E-state index contributed by atoms with van der Waals surface area (Å²) in [6, 6.07) is -0.494. The maximum atomic E-state index is 11.5. The fourth-order valence-corrected chi connectivity index (χ4v) is 0.468. The molecule has 0 saturated heterocycles. The number of alkyl halides is 1. The zero-order valence-electron chi connectivity index (χ0n) is 6.06. The summed E-state index contributed by atoms with van der Waals surface area (Å²) >= 11 is 0. The second-order valence-corrected chi connectivity index (χ2v) is 2.11. The predicted molar refractivity (Wildman–Crippen MR) is 37.5 cm³/mol. The molecule has 0 radical (unpaired) electrons. The Morgan fingerprint density at radius 3 is 2.80 bits per heavy atom. The van der Waals surface area contributed by atoms with Crippen molar-refractivity contribution in [1.29, 1.82) is 0 Å². The third kappa shape index (κ3) is 4.40. The average molecular weight is 148 g/mol. The fourth-order valence-electron chi connectivity index (χ4n) is 0.468. The molecule has 1 atom stereocenters. The molecule has 0 spiro atoms. The Kier molecular flexibility index (Phi) is 5.06. The molecule has 0 aromatic rings. The number of nitrogens with two attached hydrogens (primary N) is 1. The Morgan fingerprint density at radius 2 is 2.40 bits per heavy atom. The van der Waals surface area contributed by atoms with E-state index >= 15 is 0 Å². The molecule has 0 fully saturated rings. The van der Waals surface area contributed by atoms with Gasteiger partial charge in [-0.25, -0.2) is 4.39 Å². The van der Waals surface area contributed by atoms with Crippen LogP contribution in [0.1, 0.15) is 6.92 Å². The second-order valence-electron chi connectivity index (χ2n) is 2.11. The zero-order valence-corrected chi connectivity index (χ0v) is 6.06. The van der Waals surface area contributed by atoms with Gasteiger partial charge < -0.3 is 11.1 Å². The number of hydrogen-bond acceptors (Lipinski definition) is 3. The molecule has 0 aliphatic carbocycles. The van der Waals surface area contributed by atoms with Crippen molar-refractivity contribution in [1.82, 2.24) is 5.32 Å². The first kappa shape index (κ1) is 9.52. The highest BCUT2D eigenvalue weighted by Crippen LogP contribution is 1.77. The maximum absolute atomic E-state index is 11.5. The Balaban J connectivity index is 3.21. The lowest BCUT2D eigenvalue weighted by Crippen LogP contribution is -2.39. The Labute approximate surface area is 59.8 Å². The molecule has 1 unspecified atom stereocenters. The van der Waals surface area contributed by atoms with E-state index in [0.717, 1.165) is 0 Å². The lowest BCUT2D eigenvalue weighted by atomic mass is 10.2. The first-order valence-corrected chi connectivity index (χ1v) is 3.21. The average Bonchev–Trinajstić information content (AvgIpc) is 1.88. The van der Waals surface area contributed by atoms with Crippen LogP contribution >= 0.6 is 0 Å². The van der Waals surface area contributed by atoms with Gasteiger partial charge in [-0.05, 0) is 6.92 Å². The lowest BCUT2D eigenvalue weighted by molar-refractivity contribution is -0.118. The number of nitrogens with one attached hydrogen (secondary N) is 1. The van der Waals surface area contributed by atoms with Crippen LogP contribution in [0.5, 0.6) is 0 Å². The number of halogens is 1. The molecule has 0 bridgehead atoms. The van der Waals surface area contributed by atoms with Crippen molar-refractivity contribution in [2.45, 2.75) is 13.0 Å². The van der Waals surface area contributed by atoms with Crippen LogP contribution in [0.2, 0.25) is 0 Å². The van der Waals surface area contributed by atoms with Crippen molar-refractivity contribution in [3.63, 3.8) is 0 Å². The molecular formula is C6H13FN2O. The van der Waals surface area contributed by atoms with E-state index in [2.05, 4.69) is 5.32 Å². The summed E-state index contributed by atoms with van der Waals surface area (Å²) in [6.07, 6.45) is 0. The summed E-state index contributed by atoms with van der Waals surface area (Å²) in [5.74, 6) is -0.0774. The summed E-state index contributed by atoms with van der Waals surface area (Å²) in [5, 5.41) is 2.70. The van der Waals surface area contributed by atoms with Crippen LogP contribution in [0, 0.1) is 0 Å². The van der Waals surface area contributed by atoms with Crippen molar-refractivity contribution >= 4 is 5.78 Å². The summed E-state index contributed by atoms with van der Waals surface area (Å²) in [6.45, 7) is 1.62. The van der Waals surface area contributed by atoms with Gasteiger partial charge in [0, 0.05) is 13.1 Å². The van der Waals surface area contributed by atoms with Crippen LogP contribution in [0.4, 0.5) is 4.39 Å². The minimum Gasteiger partial charge on any atom is -0.320 e. The first-order valence-electron chi connectivity index (χ1n) is 3.21. The smallest absolute Gasteiger partial charge is 0.147 e. The van der Waals surface area contributed by atoms with Crippen molar-refractivity contribution in [3.05, 3.63) is 0 Å². The third-order valence-electron chi connectivity index (χ3n) is 1.16. The highest BCUT2D eigenvalue weighted by molar-refractivity contribution is 5.81. The number of carbonyl (C=O) groups excluding carboxylic acids is 1. The Bertz CT molecular complexity index is 108. The number of Topliss-reactive ketones (excluding diaryl/α,β-unsaturated/α-hetero) is 1. The van der Waals surface area contributed by atoms with E-state index in [1.54, 1.807) is 0 Å². The SMILES string of the molecule is CC(=O)C(N)CNCCF. The van der Waals surface area contributed by atoms with Gasteiger partial charge in [0.1, 0.15) is 12.5 Å². The first-order chi connectivity index (χ1) is 4.68. The van der Waals surface area contributed by atoms with Crippen molar-refractivity contribution in [2.75, 3.05) is 19.8 Å². The summed E-state index contributed by atoms with van der Waals surface area (Å²) in [7, 11) is 0. The minimum absolute atomic E-state index is 0.0774. The largest absolute Gasteiger partial charge is 0.320 e. The molecule has 0 aromatic heterocycles. The van der Waals surface area contributed by atoms with E-state index in [9.17, 15) is 9.18 Å². The molecule has 10 heavy (non-hydrogen) atoms. The Hall–Kier alpha value is -0.480. The van der Waals surface area contributed by atoms with Gasteiger partial charge in [-0.15, -0.1) is 0 Å². The standard InChI is InChI=1S/C6H13FN2O/c1-5(10)6(8)4-9-3-2-7/h6,9H,2-4,8H2,1H3. The molecule has 4 heteroatoms. The van der Waals surface area contributed by atoms with Gasteiger partial charge in [0.05, 0.1) is 6.04 Å². The molecule has 3 N–H and O–H groups in total. The maximum Gasteiger partial charge on any atom is 0.147 e. The minimum atomic E-state index is -0.494. The van der Waals surface area contributed by atoms with E-state index in [4.69, 9.17) is 5.73 Å². The highest BCUT2D eigenvalue weighted by atomic mass is 19.1. The van der Waals surface area contributed by atoms with Crippen molar-refractivity contribution in [3.8, 4) is 0 Å². The Morgan fingerprint density at radius 1 is 1.80 bits per heavy atom. The predicted octanol–water partition coefficient (Wildman–Crippen LogP) is -0.538.